The van der Waals surface area contributed by atoms with E-state index < -0.39 is 0 Å². The second kappa shape index (κ2) is 12.6. The summed E-state index contributed by atoms with van der Waals surface area (Å²) in [7, 11) is 3.12. The second-order valence-electron chi connectivity index (χ2n) is 5.16. The molecule has 0 fully saturated rings. The molecule has 0 aliphatic carbocycles. The van der Waals surface area contributed by atoms with Crippen LogP contribution in [0.15, 0.2) is 48.5 Å². The normalized spacial score (nSPS) is 9.44. The molecular formula is C20H21BrO6. The molecule has 0 saturated heterocycles. The summed E-state index contributed by atoms with van der Waals surface area (Å²) in [4.78, 5) is 32.6. The lowest BCUT2D eigenvalue weighted by Crippen LogP contribution is -2.04. The first-order chi connectivity index (χ1) is 13.0. The highest BCUT2D eigenvalue weighted by atomic mass is 79.9. The Balaban J connectivity index is 0.000000277. The molecule has 0 bridgehead atoms. The molecule has 0 radical (unpaired) electrons. The monoisotopic (exact) mass is 436 g/mol. The third-order valence-corrected chi connectivity index (χ3v) is 3.93. The molecule has 0 aromatic heterocycles. The Morgan fingerprint density at radius 1 is 0.926 bits per heavy atom. The van der Waals surface area contributed by atoms with Gasteiger partial charge < -0.3 is 14.2 Å². The number of hydrogen-bond donors (Lipinski definition) is 0. The van der Waals surface area contributed by atoms with Crippen molar-refractivity contribution in [2.75, 3.05) is 26.2 Å². The summed E-state index contributed by atoms with van der Waals surface area (Å²) in [6.45, 7) is 0.443. The van der Waals surface area contributed by atoms with Crippen LogP contribution in [-0.4, -0.2) is 44.2 Å². The minimum atomic E-state index is -0.0734. The van der Waals surface area contributed by atoms with Crippen molar-refractivity contribution < 1.29 is 28.6 Å². The molecule has 0 heterocycles. The van der Waals surface area contributed by atoms with Crippen LogP contribution in [0, 0.1) is 0 Å². The van der Waals surface area contributed by atoms with Gasteiger partial charge in [-0.25, -0.2) is 0 Å². The maximum atomic E-state index is 11.5. The van der Waals surface area contributed by atoms with E-state index in [1.807, 2.05) is 6.07 Å². The van der Waals surface area contributed by atoms with E-state index in [4.69, 9.17) is 9.47 Å². The van der Waals surface area contributed by atoms with Crippen LogP contribution in [0.5, 0.6) is 11.5 Å². The van der Waals surface area contributed by atoms with E-state index in [1.165, 1.54) is 0 Å². The van der Waals surface area contributed by atoms with Crippen LogP contribution in [0.3, 0.4) is 0 Å². The van der Waals surface area contributed by atoms with E-state index in [0.29, 0.717) is 34.4 Å². The summed E-state index contributed by atoms with van der Waals surface area (Å²) in [5.41, 5.74) is 1.23. The van der Waals surface area contributed by atoms with Crippen molar-refractivity contribution in [3.05, 3.63) is 59.7 Å². The van der Waals surface area contributed by atoms with Crippen molar-refractivity contribution in [3.8, 4) is 11.5 Å². The van der Waals surface area contributed by atoms with Gasteiger partial charge in [-0.3, -0.25) is 14.4 Å². The van der Waals surface area contributed by atoms with Crippen LogP contribution in [0.25, 0.3) is 0 Å². The van der Waals surface area contributed by atoms with Crippen LogP contribution in [-0.2, 0) is 9.53 Å². The molecule has 144 valence electrons. The topological polar surface area (TPSA) is 78.9 Å². The third-order valence-electron chi connectivity index (χ3n) is 3.42. The lowest BCUT2D eigenvalue weighted by molar-refractivity contribution is -0.128. The third kappa shape index (κ3) is 8.04. The summed E-state index contributed by atoms with van der Waals surface area (Å²) in [5, 5.41) is 0.347. The fourth-order valence-electron chi connectivity index (χ4n) is 2.01. The standard InChI is InChI=1S/C11H12O4.C9H9BrO2/c1-14-10-4-2-3-9(7-10)11(13)5-6-15-8-12;1-12-8-4-2-3-7(5-8)9(11)6-10/h2-4,7-8H,5-6H2,1H3;2-5H,6H2,1H3. The zero-order valence-electron chi connectivity index (χ0n) is 15.1. The molecule has 0 aliphatic heterocycles. The molecule has 7 heteroatoms. The molecule has 0 aliphatic rings. The Bertz CT molecular complexity index is 760. The zero-order chi connectivity index (χ0) is 20.1. The maximum Gasteiger partial charge on any atom is 0.293 e. The summed E-state index contributed by atoms with van der Waals surface area (Å²) >= 11 is 3.11. The van der Waals surface area contributed by atoms with Gasteiger partial charge in [0, 0.05) is 17.5 Å². The van der Waals surface area contributed by atoms with Gasteiger partial charge in [-0.15, -0.1) is 0 Å². The maximum absolute atomic E-state index is 11.5. The smallest absolute Gasteiger partial charge is 0.293 e. The van der Waals surface area contributed by atoms with E-state index in [0.717, 1.165) is 0 Å². The summed E-state index contributed by atoms with van der Waals surface area (Å²) in [5.74, 6) is 1.34. The van der Waals surface area contributed by atoms with Crippen molar-refractivity contribution in [1.29, 1.82) is 0 Å². The van der Waals surface area contributed by atoms with Gasteiger partial charge in [0.25, 0.3) is 6.47 Å². The fourth-order valence-corrected chi connectivity index (χ4v) is 2.34. The molecule has 2 rings (SSSR count). The molecule has 0 saturated carbocycles. The summed E-state index contributed by atoms with van der Waals surface area (Å²) < 4.78 is 14.4. The highest BCUT2D eigenvalue weighted by Crippen LogP contribution is 2.14. The van der Waals surface area contributed by atoms with E-state index >= 15 is 0 Å². The molecule has 2 aromatic carbocycles. The molecule has 0 spiro atoms. The van der Waals surface area contributed by atoms with Crippen molar-refractivity contribution in [1.82, 2.24) is 0 Å². The molecule has 0 unspecified atom stereocenters. The van der Waals surface area contributed by atoms with Gasteiger partial charge in [0.05, 0.1) is 26.2 Å². The van der Waals surface area contributed by atoms with Crippen LogP contribution >= 0.6 is 15.9 Å². The SMILES string of the molecule is COc1cccc(C(=O)CBr)c1.COc1cccc(C(=O)CCOC=O)c1. The van der Waals surface area contributed by atoms with E-state index in [1.54, 1.807) is 56.7 Å². The minimum absolute atomic E-state index is 0.0638. The Morgan fingerprint density at radius 3 is 1.89 bits per heavy atom. The van der Waals surface area contributed by atoms with E-state index in [-0.39, 0.29) is 24.6 Å². The lowest BCUT2D eigenvalue weighted by Gasteiger charge is -2.03. The Morgan fingerprint density at radius 2 is 1.44 bits per heavy atom. The largest absolute Gasteiger partial charge is 0.497 e. The van der Waals surface area contributed by atoms with Crippen LogP contribution in [0.2, 0.25) is 0 Å². The lowest BCUT2D eigenvalue weighted by atomic mass is 10.1. The number of carbonyl (C=O) groups excluding carboxylic acids is 3. The Hall–Kier alpha value is -2.67. The quantitative estimate of drug-likeness (QED) is 0.258. The molecular weight excluding hydrogens is 416 g/mol. The Kier molecular flexibility index (Phi) is 10.5. The number of methoxy groups -OCH3 is 2. The highest BCUT2D eigenvalue weighted by molar-refractivity contribution is 9.09. The minimum Gasteiger partial charge on any atom is -0.497 e. The van der Waals surface area contributed by atoms with Gasteiger partial charge in [0.2, 0.25) is 0 Å². The number of ketones is 2. The zero-order valence-corrected chi connectivity index (χ0v) is 16.7. The summed E-state index contributed by atoms with van der Waals surface area (Å²) in [6.07, 6.45) is 0.186. The van der Waals surface area contributed by atoms with Crippen LogP contribution in [0.1, 0.15) is 27.1 Å². The number of hydrogen-bond acceptors (Lipinski definition) is 6. The number of carbonyl (C=O) groups is 3. The number of benzene rings is 2. The molecule has 0 atom stereocenters. The Labute approximate surface area is 166 Å². The van der Waals surface area contributed by atoms with Crippen LogP contribution < -0.4 is 9.47 Å². The second-order valence-corrected chi connectivity index (χ2v) is 5.72. The van der Waals surface area contributed by atoms with Gasteiger partial charge in [-0.1, -0.05) is 40.2 Å². The van der Waals surface area contributed by atoms with Gasteiger partial charge in [0.15, 0.2) is 11.6 Å². The number of rotatable bonds is 9. The first kappa shape index (κ1) is 22.4. The van der Waals surface area contributed by atoms with Gasteiger partial charge >= 0.3 is 0 Å². The first-order valence-corrected chi connectivity index (χ1v) is 9.13. The molecule has 27 heavy (non-hydrogen) atoms. The predicted octanol–water partition coefficient (Wildman–Crippen LogP) is 3.71. The van der Waals surface area contributed by atoms with E-state index in [9.17, 15) is 14.4 Å². The van der Waals surface area contributed by atoms with E-state index in [2.05, 4.69) is 20.7 Å². The van der Waals surface area contributed by atoms with Gasteiger partial charge in [-0.2, -0.15) is 0 Å². The predicted molar refractivity (Wildman–Crippen MR) is 105 cm³/mol. The van der Waals surface area contributed by atoms with Crippen molar-refractivity contribution in [3.63, 3.8) is 0 Å². The molecule has 0 amide bonds. The first-order valence-electron chi connectivity index (χ1n) is 8.01. The average Bonchev–Trinajstić information content (AvgIpc) is 2.73. The van der Waals surface area contributed by atoms with Gasteiger partial charge in [-0.05, 0) is 24.3 Å². The molecule has 0 N–H and O–H groups in total. The van der Waals surface area contributed by atoms with Crippen LogP contribution in [0.4, 0.5) is 0 Å². The van der Waals surface area contributed by atoms with Crippen molar-refractivity contribution >= 4 is 34.0 Å². The molecule has 2 aromatic rings. The number of alkyl halides is 1. The molecule has 6 nitrogen and oxygen atoms in total. The fraction of sp³-hybridized carbons (Fsp3) is 0.250. The highest BCUT2D eigenvalue weighted by Gasteiger charge is 2.06. The summed E-state index contributed by atoms with van der Waals surface area (Å²) in [6, 6.07) is 14.0. The van der Waals surface area contributed by atoms with Gasteiger partial charge in [0.1, 0.15) is 11.5 Å². The average molecular weight is 437 g/mol. The number of Topliss-reactive ketones (excluding diaryl/α,β-unsaturated/α-hetero) is 2. The number of ether oxygens (including phenoxy) is 3. The van der Waals surface area contributed by atoms with Crippen molar-refractivity contribution in [2.24, 2.45) is 0 Å². The number of halogens is 1. The van der Waals surface area contributed by atoms with Crippen molar-refractivity contribution in [2.45, 2.75) is 6.42 Å².